The van der Waals surface area contributed by atoms with Gasteiger partial charge in [-0.3, -0.25) is 0 Å². The highest BCUT2D eigenvalue weighted by Gasteiger charge is 2.31. The Morgan fingerprint density at radius 2 is 0.541 bits per heavy atom. The van der Waals surface area contributed by atoms with Crippen LogP contribution in [0.5, 0.6) is 11.5 Å². The van der Waals surface area contributed by atoms with Crippen LogP contribution in [0.25, 0.3) is 153 Å². The Hall–Kier alpha value is -14.5. The highest BCUT2D eigenvalue weighted by atomic mass is 16.5. The lowest BCUT2D eigenvalue weighted by molar-refractivity contribution is 0.262. The molecule has 2 atom stereocenters. The Morgan fingerprint density at radius 1 is 0.202 bits per heavy atom. The number of nitrogens with one attached hydrogen (secondary N) is 2. The fraction of sp³-hybridized carbons (Fsp3) is 0.0200. The van der Waals surface area contributed by atoms with E-state index in [4.69, 9.17) is 22.7 Å². The summed E-state index contributed by atoms with van der Waals surface area (Å²) in [5.41, 5.74) is 21.9. The predicted molar refractivity (Wildman–Crippen MR) is 448 cm³/mol. The number of para-hydroxylation sites is 2. The van der Waals surface area contributed by atoms with Crippen LogP contribution in [0.2, 0.25) is 0 Å². The van der Waals surface area contributed by atoms with Crippen molar-refractivity contribution in [2.45, 2.75) is 12.5 Å². The number of hydrogen-bond acceptors (Lipinski definition) is 9. The van der Waals surface area contributed by atoms with Crippen molar-refractivity contribution in [2.75, 3.05) is 20.4 Å². The maximum Gasteiger partial charge on any atom is 0.196 e. The monoisotopic (exact) mass is 1400 g/mol. The lowest BCUT2D eigenvalue weighted by Gasteiger charge is -2.26. The van der Waals surface area contributed by atoms with E-state index in [1.54, 1.807) is 0 Å². The second-order valence-electron chi connectivity index (χ2n) is 28.7. The molecule has 3 aromatic heterocycles. The van der Waals surface area contributed by atoms with Crippen molar-refractivity contribution in [2.24, 2.45) is 0 Å². The van der Waals surface area contributed by atoms with Gasteiger partial charge in [-0.2, -0.15) is 0 Å². The molecule has 0 fully saturated rings. The first kappa shape index (κ1) is 60.8. The molecule has 0 bridgehead atoms. The molecule has 2 N–H and O–H groups in total. The molecule has 2 unspecified atom stereocenters. The van der Waals surface area contributed by atoms with Crippen LogP contribution in [0.1, 0.15) is 23.6 Å². The molecule has 9 heteroatoms. The first-order valence-corrected chi connectivity index (χ1v) is 37.0. The summed E-state index contributed by atoms with van der Waals surface area (Å²) in [6, 6.07) is 125. The molecule has 0 radical (unpaired) electrons. The normalized spacial score (nSPS) is 14.0. The molecule has 512 valence electrons. The Morgan fingerprint density at radius 3 is 1.05 bits per heavy atom. The van der Waals surface area contributed by atoms with Crippen molar-refractivity contribution in [1.29, 1.82) is 0 Å². The third-order valence-electron chi connectivity index (χ3n) is 22.5. The van der Waals surface area contributed by atoms with E-state index < -0.39 is 6.23 Å². The van der Waals surface area contributed by atoms with E-state index in [0.29, 0.717) is 0 Å². The van der Waals surface area contributed by atoms with Crippen LogP contribution in [0.4, 0.5) is 45.5 Å². The quantitative estimate of drug-likeness (QED) is 0.123. The summed E-state index contributed by atoms with van der Waals surface area (Å²) in [4.78, 5) is 4.61. The molecule has 18 aromatic carbocycles. The summed E-state index contributed by atoms with van der Waals surface area (Å²) in [7, 11) is 0. The molecular weight excluding hydrogens is 1340 g/mol. The number of ether oxygens (including phenoxy) is 2. The Bertz CT molecular complexity index is 7210. The molecule has 0 saturated carbocycles. The lowest BCUT2D eigenvalue weighted by atomic mass is 9.95. The number of benzene rings is 18. The van der Waals surface area contributed by atoms with Crippen LogP contribution < -0.4 is 29.9 Å². The summed E-state index contributed by atoms with van der Waals surface area (Å²) in [5.74, 6) is 1.74. The average molecular weight is 1400 g/mol. The first-order chi connectivity index (χ1) is 53.9. The summed E-state index contributed by atoms with van der Waals surface area (Å²) < 4.78 is 33.5. The second-order valence-corrected chi connectivity index (χ2v) is 28.7. The summed E-state index contributed by atoms with van der Waals surface area (Å²) in [6.07, 6.45) is -0.664. The zero-order chi connectivity index (χ0) is 71.4. The molecule has 9 nitrogen and oxygen atoms in total. The van der Waals surface area contributed by atoms with Crippen molar-refractivity contribution < 1.29 is 22.7 Å². The SMILES string of the molecule is c1ccc(C2Nc3c(c4ccc(-c5ccc(N(c6ccc7ccccc7c6)c6ccc7c(c6)oc6ccc(-c8ccc(C9Nc%10c(c%11ccc(-c%12ccc(N(c%13ccc%14c(c%13)oc%13ccccc%13%14)c%13ccc%14c(c%13)oc%13ccccc%13%14)cc%12)cc%11c%11ccccc%10%11)O9)cc8)cc67)cc5)cc4c4ccccc34)O2)cc1. The minimum atomic E-state index is -0.398. The average Bonchev–Trinajstić information content (AvgIpc) is 1.65. The Kier molecular flexibility index (Phi) is 13.4. The molecule has 2 aliphatic heterocycles. The minimum absolute atomic E-state index is 0.266. The van der Waals surface area contributed by atoms with Gasteiger partial charge in [-0.25, -0.2) is 0 Å². The van der Waals surface area contributed by atoms with E-state index in [-0.39, 0.29) is 6.23 Å². The number of hydrogen-bond donors (Lipinski definition) is 2. The van der Waals surface area contributed by atoms with Crippen molar-refractivity contribution >= 4 is 165 Å². The van der Waals surface area contributed by atoms with E-state index in [2.05, 4.69) is 342 Å². The van der Waals surface area contributed by atoms with Gasteiger partial charge in [-0.1, -0.05) is 212 Å². The van der Waals surface area contributed by atoms with Crippen LogP contribution in [0, 0.1) is 0 Å². The van der Waals surface area contributed by atoms with Gasteiger partial charge in [0.25, 0.3) is 0 Å². The molecule has 0 saturated heterocycles. The molecule has 2 aliphatic rings. The fourth-order valence-corrected chi connectivity index (χ4v) is 17.2. The van der Waals surface area contributed by atoms with Crippen molar-refractivity contribution in [3.63, 3.8) is 0 Å². The van der Waals surface area contributed by atoms with Crippen LogP contribution in [0.3, 0.4) is 0 Å². The van der Waals surface area contributed by atoms with Gasteiger partial charge in [0.2, 0.25) is 0 Å². The highest BCUT2D eigenvalue weighted by Crippen LogP contribution is 2.53. The summed E-state index contributed by atoms with van der Waals surface area (Å²) in [5, 5.41) is 25.4. The Labute approximate surface area is 624 Å². The van der Waals surface area contributed by atoms with Gasteiger partial charge in [-0.05, 0) is 187 Å². The van der Waals surface area contributed by atoms with Gasteiger partial charge in [0.05, 0.1) is 11.4 Å². The maximum absolute atomic E-state index is 7.04. The zero-order valence-electron chi connectivity index (χ0n) is 58.6. The first-order valence-electron chi connectivity index (χ1n) is 37.0. The van der Waals surface area contributed by atoms with E-state index in [9.17, 15) is 0 Å². The third-order valence-corrected chi connectivity index (χ3v) is 22.5. The van der Waals surface area contributed by atoms with Gasteiger partial charge < -0.3 is 43.2 Å². The minimum Gasteiger partial charge on any atom is -0.464 e. The molecule has 21 aromatic rings. The lowest BCUT2D eigenvalue weighted by Crippen LogP contribution is -2.09. The smallest absolute Gasteiger partial charge is 0.196 e. The van der Waals surface area contributed by atoms with E-state index in [1.165, 1.54) is 16.2 Å². The molecule has 109 heavy (non-hydrogen) atoms. The van der Waals surface area contributed by atoms with E-state index in [1.807, 2.05) is 30.3 Å². The van der Waals surface area contributed by atoms with Crippen molar-refractivity contribution in [1.82, 2.24) is 0 Å². The standard InChI is InChI=1S/C100H62N4O5/c1-2-15-63(16-3-1)99-101-95-82-22-8-6-18-75(82)86-53-66(35-46-84(86)97(95)108-99)61-30-38-69(39-31-61)103(71-42-34-59-14-4-5-17-65(59)52-71)72-45-50-81-88-55-68(37-51-91(88)107-94(81)58-72)60-26-28-64(29-27-60)100-102-96-83-23-9-7-19-76(83)87-54-67(36-47-85(87)98(96)109-100)62-32-40-70(41-33-62)104(73-43-48-79-77-20-10-12-24-89(77)105-92(79)56-73)74-44-49-80-78-21-11-13-25-90(78)106-93(80)57-74/h1-58,99-102H. The third kappa shape index (κ3) is 9.87. The van der Waals surface area contributed by atoms with Crippen molar-refractivity contribution in [3.8, 4) is 44.9 Å². The summed E-state index contributed by atoms with van der Waals surface area (Å²) >= 11 is 0. The van der Waals surface area contributed by atoms with E-state index >= 15 is 0 Å². The van der Waals surface area contributed by atoms with Gasteiger partial charge in [-0.15, -0.1) is 0 Å². The van der Waals surface area contributed by atoms with Crippen LogP contribution >= 0.6 is 0 Å². The maximum atomic E-state index is 7.04. The predicted octanol–water partition coefficient (Wildman–Crippen LogP) is 28.1. The van der Waals surface area contributed by atoms with Gasteiger partial charge in [0.1, 0.15) is 33.5 Å². The van der Waals surface area contributed by atoms with Gasteiger partial charge >= 0.3 is 0 Å². The summed E-state index contributed by atoms with van der Waals surface area (Å²) in [6.45, 7) is 0. The van der Waals surface area contributed by atoms with Crippen LogP contribution in [0.15, 0.2) is 365 Å². The topological polar surface area (TPSA) is 88.4 Å². The van der Waals surface area contributed by atoms with Crippen LogP contribution in [-0.4, -0.2) is 0 Å². The zero-order valence-corrected chi connectivity index (χ0v) is 58.6. The van der Waals surface area contributed by atoms with Gasteiger partial charge in [0, 0.05) is 117 Å². The number of rotatable bonds is 11. The molecule has 0 aliphatic carbocycles. The largest absolute Gasteiger partial charge is 0.464 e. The molecular formula is C100H62N4O5. The number of nitrogens with zero attached hydrogens (tertiary/aromatic N) is 2. The Balaban J connectivity index is 0.528. The number of anilines is 8. The molecule has 5 heterocycles. The van der Waals surface area contributed by atoms with E-state index in [0.717, 1.165) is 205 Å². The fourth-order valence-electron chi connectivity index (χ4n) is 17.2. The van der Waals surface area contributed by atoms with Gasteiger partial charge in [0.15, 0.2) is 24.0 Å². The molecule has 0 amide bonds. The van der Waals surface area contributed by atoms with Crippen LogP contribution in [-0.2, 0) is 0 Å². The second kappa shape index (κ2) is 24.0. The van der Waals surface area contributed by atoms with Crippen molar-refractivity contribution in [3.05, 3.63) is 363 Å². The highest BCUT2D eigenvalue weighted by molar-refractivity contribution is 6.20. The number of furan rings is 3. The molecule has 23 rings (SSSR count). The molecule has 0 spiro atoms. The number of fused-ring (bicyclic) bond motifs is 22.